The first-order chi connectivity index (χ1) is 13.6. The summed E-state index contributed by atoms with van der Waals surface area (Å²) in [5.41, 5.74) is 1.04. The Morgan fingerprint density at radius 1 is 1.07 bits per heavy atom. The van der Waals surface area contributed by atoms with Gasteiger partial charge in [0.1, 0.15) is 22.7 Å². The fourth-order valence-corrected chi connectivity index (χ4v) is 3.74. The lowest BCUT2D eigenvalue weighted by Crippen LogP contribution is -2.06. The van der Waals surface area contributed by atoms with Crippen LogP contribution in [0.5, 0.6) is 11.6 Å². The summed E-state index contributed by atoms with van der Waals surface area (Å²) < 4.78 is 32.0. The summed E-state index contributed by atoms with van der Waals surface area (Å²) >= 11 is 7.67. The molecule has 0 radical (unpaired) electrons. The molecule has 9 heteroatoms. The summed E-state index contributed by atoms with van der Waals surface area (Å²) in [5.74, 6) is -0.850. The molecule has 0 amide bonds. The molecular formula is C19H13ClF2N4OS. The lowest BCUT2D eigenvalue weighted by atomic mass is 10.1. The highest BCUT2D eigenvalue weighted by Crippen LogP contribution is 2.32. The first-order valence-electron chi connectivity index (χ1n) is 8.30. The highest BCUT2D eigenvalue weighted by atomic mass is 35.5. The van der Waals surface area contributed by atoms with Gasteiger partial charge in [-0.15, -0.1) is 11.3 Å². The summed E-state index contributed by atoms with van der Waals surface area (Å²) in [5, 5.41) is 6.55. The number of nitrogens with zero attached hydrogens (tertiary/aromatic N) is 3. The average molecular weight is 419 g/mol. The number of fused-ring (bicyclic) bond motifs is 1. The molecule has 28 heavy (non-hydrogen) atoms. The maximum Gasteiger partial charge on any atom is 0.258 e. The lowest BCUT2D eigenvalue weighted by molar-refractivity contribution is 0.407. The summed E-state index contributed by atoms with van der Waals surface area (Å²) in [6.45, 7) is 0.637. The summed E-state index contributed by atoms with van der Waals surface area (Å²) in [6.07, 6.45) is 2.23. The van der Waals surface area contributed by atoms with Gasteiger partial charge in [-0.25, -0.2) is 14.4 Å². The number of thiophene rings is 1. The van der Waals surface area contributed by atoms with Crippen molar-refractivity contribution in [1.82, 2.24) is 15.0 Å². The Morgan fingerprint density at radius 3 is 2.71 bits per heavy atom. The van der Waals surface area contributed by atoms with Crippen LogP contribution in [0.25, 0.3) is 10.2 Å². The number of ether oxygens (including phenoxy) is 1. The Labute approximate surface area is 168 Å². The molecule has 0 unspecified atom stereocenters. The van der Waals surface area contributed by atoms with Crippen molar-refractivity contribution in [3.63, 3.8) is 0 Å². The zero-order chi connectivity index (χ0) is 19.5. The van der Waals surface area contributed by atoms with Crippen molar-refractivity contribution in [2.24, 2.45) is 0 Å². The van der Waals surface area contributed by atoms with Crippen molar-refractivity contribution < 1.29 is 13.5 Å². The smallest absolute Gasteiger partial charge is 0.258 e. The van der Waals surface area contributed by atoms with Crippen LogP contribution >= 0.6 is 22.9 Å². The van der Waals surface area contributed by atoms with Crippen molar-refractivity contribution in [3.8, 4) is 11.6 Å². The van der Waals surface area contributed by atoms with Gasteiger partial charge in [0.2, 0.25) is 5.95 Å². The molecule has 3 aromatic heterocycles. The van der Waals surface area contributed by atoms with Crippen LogP contribution in [0.3, 0.4) is 0 Å². The topological polar surface area (TPSA) is 59.9 Å². The van der Waals surface area contributed by atoms with Crippen LogP contribution in [-0.4, -0.2) is 21.5 Å². The van der Waals surface area contributed by atoms with Gasteiger partial charge < -0.3 is 10.1 Å². The first-order valence-corrected chi connectivity index (χ1v) is 9.56. The minimum atomic E-state index is -0.802. The lowest BCUT2D eigenvalue weighted by Gasteiger charge is -2.08. The third-order valence-electron chi connectivity index (χ3n) is 3.95. The standard InChI is InChI=1S/C19H13ClF2N4OS/c20-13-9-28-19-16(13)17(24-10-25-19)23-8-7-11-1-3-12(4-2-11)27-18-14(21)5-6-15(22)26-18/h1-6,9-10H,7-8H2,(H,23,24,25). The van der Waals surface area contributed by atoms with Crippen molar-refractivity contribution in [3.05, 3.63) is 70.5 Å². The number of anilines is 1. The molecule has 0 spiro atoms. The van der Waals surface area contributed by atoms with Gasteiger partial charge in [0, 0.05) is 11.9 Å². The normalized spacial score (nSPS) is 11.0. The van der Waals surface area contributed by atoms with Crippen LogP contribution in [0.2, 0.25) is 5.02 Å². The Bertz CT molecular complexity index is 1120. The van der Waals surface area contributed by atoms with E-state index in [-0.39, 0.29) is 0 Å². The van der Waals surface area contributed by atoms with E-state index < -0.39 is 17.6 Å². The summed E-state index contributed by atoms with van der Waals surface area (Å²) in [7, 11) is 0. The van der Waals surface area contributed by atoms with E-state index in [9.17, 15) is 8.78 Å². The number of benzene rings is 1. The maximum atomic E-state index is 13.6. The predicted molar refractivity (Wildman–Crippen MR) is 105 cm³/mol. The highest BCUT2D eigenvalue weighted by molar-refractivity contribution is 7.17. The van der Waals surface area contributed by atoms with E-state index in [1.54, 1.807) is 12.1 Å². The monoisotopic (exact) mass is 418 g/mol. The van der Waals surface area contributed by atoms with Crippen LogP contribution < -0.4 is 10.1 Å². The molecular weight excluding hydrogens is 406 g/mol. The highest BCUT2D eigenvalue weighted by Gasteiger charge is 2.10. The Hall–Kier alpha value is -2.84. The number of hydrogen-bond donors (Lipinski definition) is 1. The molecule has 0 saturated carbocycles. The minimum Gasteiger partial charge on any atom is -0.436 e. The Morgan fingerprint density at radius 2 is 1.89 bits per heavy atom. The molecule has 0 aliphatic rings. The minimum absolute atomic E-state index is 0.372. The number of rotatable bonds is 6. The zero-order valence-corrected chi connectivity index (χ0v) is 15.9. The first kappa shape index (κ1) is 18.5. The third-order valence-corrected chi connectivity index (χ3v) is 5.26. The van der Waals surface area contributed by atoms with Gasteiger partial charge in [0.05, 0.1) is 10.4 Å². The molecule has 0 bridgehead atoms. The number of pyridine rings is 1. The van der Waals surface area contributed by atoms with Gasteiger partial charge in [-0.2, -0.15) is 9.37 Å². The van der Waals surface area contributed by atoms with Gasteiger partial charge in [0.25, 0.3) is 5.88 Å². The fourth-order valence-electron chi connectivity index (χ4n) is 2.61. The van der Waals surface area contributed by atoms with E-state index in [4.69, 9.17) is 16.3 Å². The third kappa shape index (κ3) is 4.02. The van der Waals surface area contributed by atoms with Gasteiger partial charge >= 0.3 is 0 Å². The molecule has 0 atom stereocenters. The van der Waals surface area contributed by atoms with Crippen molar-refractivity contribution in [1.29, 1.82) is 0 Å². The van der Waals surface area contributed by atoms with E-state index in [2.05, 4.69) is 20.3 Å². The van der Waals surface area contributed by atoms with Gasteiger partial charge in [-0.05, 0) is 36.2 Å². The van der Waals surface area contributed by atoms with E-state index in [0.717, 1.165) is 34.3 Å². The zero-order valence-electron chi connectivity index (χ0n) is 14.3. The second kappa shape index (κ2) is 8.04. The SMILES string of the molecule is Fc1ccc(F)c(Oc2ccc(CCNc3ncnc4scc(Cl)c34)cc2)n1. The molecule has 3 heterocycles. The largest absolute Gasteiger partial charge is 0.436 e. The Balaban J connectivity index is 1.38. The quantitative estimate of drug-likeness (QED) is 0.421. The van der Waals surface area contributed by atoms with E-state index in [1.807, 2.05) is 17.5 Å². The number of halogens is 3. The number of aromatic nitrogens is 3. The molecule has 0 aliphatic heterocycles. The molecule has 142 valence electrons. The maximum absolute atomic E-state index is 13.6. The molecule has 4 aromatic rings. The van der Waals surface area contributed by atoms with E-state index >= 15 is 0 Å². The van der Waals surface area contributed by atoms with Crippen molar-refractivity contribution in [2.45, 2.75) is 6.42 Å². The Kier molecular flexibility index (Phi) is 5.31. The van der Waals surface area contributed by atoms with Crippen LogP contribution in [0.4, 0.5) is 14.6 Å². The van der Waals surface area contributed by atoms with Gasteiger partial charge in [-0.3, -0.25) is 0 Å². The molecule has 0 saturated heterocycles. The van der Waals surface area contributed by atoms with Gasteiger partial charge in [-0.1, -0.05) is 23.7 Å². The van der Waals surface area contributed by atoms with Crippen molar-refractivity contribution in [2.75, 3.05) is 11.9 Å². The molecule has 1 aromatic carbocycles. The number of hydrogen-bond acceptors (Lipinski definition) is 6. The van der Waals surface area contributed by atoms with Crippen LogP contribution in [0.1, 0.15) is 5.56 Å². The van der Waals surface area contributed by atoms with Crippen molar-refractivity contribution >= 4 is 39.0 Å². The van der Waals surface area contributed by atoms with Gasteiger partial charge in [0.15, 0.2) is 5.82 Å². The molecule has 1 N–H and O–H groups in total. The second-order valence-electron chi connectivity index (χ2n) is 5.83. The van der Waals surface area contributed by atoms with Crippen LogP contribution in [-0.2, 0) is 6.42 Å². The van der Waals surface area contributed by atoms with Crippen LogP contribution in [0.15, 0.2) is 48.1 Å². The molecule has 5 nitrogen and oxygen atoms in total. The second-order valence-corrected chi connectivity index (χ2v) is 7.10. The fraction of sp³-hybridized carbons (Fsp3) is 0.105. The predicted octanol–water partition coefficient (Wildman–Crippen LogP) is 5.46. The average Bonchev–Trinajstić information content (AvgIpc) is 3.08. The van der Waals surface area contributed by atoms with Crippen LogP contribution in [0, 0.1) is 11.8 Å². The molecule has 0 aliphatic carbocycles. The van der Waals surface area contributed by atoms with E-state index in [0.29, 0.717) is 23.1 Å². The molecule has 0 fully saturated rings. The summed E-state index contributed by atoms with van der Waals surface area (Å²) in [6, 6.07) is 8.97. The number of nitrogens with one attached hydrogen (secondary N) is 1. The summed E-state index contributed by atoms with van der Waals surface area (Å²) in [4.78, 5) is 12.7. The molecule has 4 rings (SSSR count). The van der Waals surface area contributed by atoms with E-state index in [1.165, 1.54) is 17.7 Å².